The van der Waals surface area contributed by atoms with Crippen LogP contribution in [0, 0.1) is 0 Å². The average molecular weight is 165 g/mol. The number of H-pyrrole nitrogens is 1. The van der Waals surface area contributed by atoms with E-state index < -0.39 is 6.10 Å². The first kappa shape index (κ1) is 7.52. The monoisotopic (exact) mass is 165 g/mol. The van der Waals surface area contributed by atoms with Crippen LogP contribution in [0.2, 0.25) is 0 Å². The molecule has 1 aliphatic rings. The van der Waals surface area contributed by atoms with Crippen molar-refractivity contribution in [2.75, 3.05) is 6.54 Å². The zero-order valence-corrected chi connectivity index (χ0v) is 6.57. The number of aromatic amines is 1. The van der Waals surface area contributed by atoms with Gasteiger partial charge in [0.05, 0.1) is 12.2 Å². The fraction of sp³-hybridized carbons (Fsp3) is 0.375. The summed E-state index contributed by atoms with van der Waals surface area (Å²) in [5, 5.41) is 19.3. The Hall–Kier alpha value is -1.13. The summed E-state index contributed by atoms with van der Waals surface area (Å²) in [6.07, 6.45) is 6.82. The van der Waals surface area contributed by atoms with Crippen LogP contribution in [-0.4, -0.2) is 27.9 Å². The summed E-state index contributed by atoms with van der Waals surface area (Å²) in [6, 6.07) is 0.0302. The van der Waals surface area contributed by atoms with Crippen LogP contribution in [0.1, 0.15) is 11.7 Å². The van der Waals surface area contributed by atoms with Gasteiger partial charge in [-0.3, -0.25) is 5.10 Å². The van der Waals surface area contributed by atoms with Crippen molar-refractivity contribution in [2.45, 2.75) is 12.1 Å². The Morgan fingerprint density at radius 1 is 1.67 bits per heavy atom. The molecule has 4 heteroatoms. The lowest BCUT2D eigenvalue weighted by Gasteiger charge is -2.15. The van der Waals surface area contributed by atoms with Crippen molar-refractivity contribution in [3.05, 3.63) is 30.1 Å². The van der Waals surface area contributed by atoms with Crippen molar-refractivity contribution < 1.29 is 5.11 Å². The number of aliphatic hydroxyl groups is 1. The van der Waals surface area contributed by atoms with Gasteiger partial charge in [0.25, 0.3) is 0 Å². The van der Waals surface area contributed by atoms with Crippen molar-refractivity contribution >= 4 is 0 Å². The average Bonchev–Trinajstić information content (AvgIpc) is 2.77. The predicted molar refractivity (Wildman–Crippen MR) is 44.5 cm³/mol. The molecule has 0 aliphatic carbocycles. The van der Waals surface area contributed by atoms with Gasteiger partial charge in [-0.15, -0.1) is 0 Å². The Kier molecular flexibility index (Phi) is 1.93. The number of aliphatic hydroxyl groups excluding tert-OH is 1. The van der Waals surface area contributed by atoms with E-state index >= 15 is 0 Å². The van der Waals surface area contributed by atoms with E-state index in [2.05, 4.69) is 15.5 Å². The van der Waals surface area contributed by atoms with E-state index in [-0.39, 0.29) is 6.04 Å². The molecule has 0 spiro atoms. The van der Waals surface area contributed by atoms with Gasteiger partial charge < -0.3 is 10.4 Å². The molecule has 0 saturated carbocycles. The van der Waals surface area contributed by atoms with Crippen LogP contribution in [0.3, 0.4) is 0 Å². The molecule has 1 aromatic heterocycles. The molecule has 0 radical (unpaired) electrons. The summed E-state index contributed by atoms with van der Waals surface area (Å²) in [6.45, 7) is 0.833. The van der Waals surface area contributed by atoms with Crippen LogP contribution < -0.4 is 5.32 Å². The Bertz CT molecular complexity index is 268. The maximum Gasteiger partial charge on any atom is 0.101 e. The first-order valence-corrected chi connectivity index (χ1v) is 3.95. The number of hydrogen-bond acceptors (Lipinski definition) is 3. The van der Waals surface area contributed by atoms with E-state index in [4.69, 9.17) is 0 Å². The molecular weight excluding hydrogens is 154 g/mol. The highest BCUT2D eigenvalue weighted by atomic mass is 16.3. The highest BCUT2D eigenvalue weighted by Gasteiger charge is 2.20. The maximum atomic E-state index is 9.74. The summed E-state index contributed by atoms with van der Waals surface area (Å²) < 4.78 is 0. The second-order valence-corrected chi connectivity index (χ2v) is 2.84. The molecule has 2 rings (SSSR count). The number of rotatable bonds is 2. The summed E-state index contributed by atoms with van der Waals surface area (Å²) >= 11 is 0. The number of nitrogens with one attached hydrogen (secondary N) is 2. The topological polar surface area (TPSA) is 60.9 Å². The van der Waals surface area contributed by atoms with Crippen LogP contribution in [0.25, 0.3) is 0 Å². The lowest BCUT2D eigenvalue weighted by atomic mass is 10.1. The SMILES string of the molecule is OC(c1cn[nH]c1)C1C=CCN1. The molecule has 0 amide bonds. The van der Waals surface area contributed by atoms with Crippen LogP contribution in [0.15, 0.2) is 24.5 Å². The quantitative estimate of drug-likeness (QED) is 0.539. The molecule has 2 atom stereocenters. The van der Waals surface area contributed by atoms with Gasteiger partial charge in [0.1, 0.15) is 6.10 Å². The molecule has 0 aromatic carbocycles. The first-order chi connectivity index (χ1) is 5.88. The molecule has 0 saturated heterocycles. The molecule has 2 heterocycles. The largest absolute Gasteiger partial charge is 0.386 e. The highest BCUT2D eigenvalue weighted by Crippen LogP contribution is 2.17. The van der Waals surface area contributed by atoms with Gasteiger partial charge in [0.15, 0.2) is 0 Å². The first-order valence-electron chi connectivity index (χ1n) is 3.95. The molecule has 0 bridgehead atoms. The third-order valence-corrected chi connectivity index (χ3v) is 2.02. The fourth-order valence-corrected chi connectivity index (χ4v) is 1.33. The number of hydrogen-bond donors (Lipinski definition) is 3. The van der Waals surface area contributed by atoms with Crippen molar-refractivity contribution in [3.63, 3.8) is 0 Å². The van der Waals surface area contributed by atoms with Gasteiger partial charge in [-0.05, 0) is 0 Å². The fourth-order valence-electron chi connectivity index (χ4n) is 1.33. The minimum atomic E-state index is -0.498. The normalized spacial score (nSPS) is 24.6. The second kappa shape index (κ2) is 3.08. The van der Waals surface area contributed by atoms with Gasteiger partial charge in [0, 0.05) is 18.3 Å². The standard InChI is InChI=1S/C8H11N3O/c12-8(6-4-10-11-5-6)7-2-1-3-9-7/h1-2,4-5,7-9,12H,3H2,(H,10,11). The van der Waals surface area contributed by atoms with Gasteiger partial charge in [-0.1, -0.05) is 12.2 Å². The van der Waals surface area contributed by atoms with Crippen LogP contribution in [0.4, 0.5) is 0 Å². The minimum absolute atomic E-state index is 0.0302. The summed E-state index contributed by atoms with van der Waals surface area (Å²) in [5.74, 6) is 0. The van der Waals surface area contributed by atoms with Crippen LogP contribution in [0.5, 0.6) is 0 Å². The van der Waals surface area contributed by atoms with Gasteiger partial charge in [-0.25, -0.2) is 0 Å². The van der Waals surface area contributed by atoms with E-state index in [1.807, 2.05) is 12.2 Å². The molecular formula is C8H11N3O. The van der Waals surface area contributed by atoms with Crippen LogP contribution >= 0.6 is 0 Å². The van der Waals surface area contributed by atoms with Gasteiger partial charge >= 0.3 is 0 Å². The molecule has 4 nitrogen and oxygen atoms in total. The van der Waals surface area contributed by atoms with E-state index in [0.717, 1.165) is 12.1 Å². The summed E-state index contributed by atoms with van der Waals surface area (Å²) in [5.41, 5.74) is 0.819. The Labute approximate surface area is 70.3 Å². The third-order valence-electron chi connectivity index (χ3n) is 2.02. The summed E-state index contributed by atoms with van der Waals surface area (Å²) in [7, 11) is 0. The Morgan fingerprint density at radius 2 is 2.58 bits per heavy atom. The van der Waals surface area contributed by atoms with E-state index in [9.17, 15) is 5.11 Å². The van der Waals surface area contributed by atoms with Crippen LogP contribution in [-0.2, 0) is 0 Å². The van der Waals surface area contributed by atoms with E-state index in [1.54, 1.807) is 12.4 Å². The van der Waals surface area contributed by atoms with Crippen molar-refractivity contribution in [3.8, 4) is 0 Å². The molecule has 64 valence electrons. The second-order valence-electron chi connectivity index (χ2n) is 2.84. The molecule has 0 fully saturated rings. The molecule has 12 heavy (non-hydrogen) atoms. The lowest BCUT2D eigenvalue weighted by molar-refractivity contribution is 0.152. The lowest BCUT2D eigenvalue weighted by Crippen LogP contribution is -2.28. The zero-order chi connectivity index (χ0) is 8.39. The Balaban J connectivity index is 2.09. The number of nitrogens with zero attached hydrogens (tertiary/aromatic N) is 1. The minimum Gasteiger partial charge on any atom is -0.386 e. The maximum absolute atomic E-state index is 9.74. The number of aromatic nitrogens is 2. The van der Waals surface area contributed by atoms with Crippen molar-refractivity contribution in [2.24, 2.45) is 0 Å². The zero-order valence-electron chi connectivity index (χ0n) is 6.57. The summed E-state index contributed by atoms with van der Waals surface area (Å²) in [4.78, 5) is 0. The highest BCUT2D eigenvalue weighted by molar-refractivity contribution is 5.16. The van der Waals surface area contributed by atoms with Crippen molar-refractivity contribution in [1.82, 2.24) is 15.5 Å². The smallest absolute Gasteiger partial charge is 0.101 e. The molecule has 3 N–H and O–H groups in total. The molecule has 1 aromatic rings. The molecule has 2 unspecified atom stereocenters. The van der Waals surface area contributed by atoms with E-state index in [0.29, 0.717) is 0 Å². The Morgan fingerprint density at radius 3 is 3.17 bits per heavy atom. The van der Waals surface area contributed by atoms with E-state index in [1.165, 1.54) is 0 Å². The molecule has 1 aliphatic heterocycles. The predicted octanol–water partition coefficient (Wildman–Crippen LogP) is -0.0289. The van der Waals surface area contributed by atoms with Gasteiger partial charge in [0.2, 0.25) is 0 Å². The van der Waals surface area contributed by atoms with Gasteiger partial charge in [-0.2, -0.15) is 5.10 Å². The van der Waals surface area contributed by atoms with Crippen molar-refractivity contribution in [1.29, 1.82) is 0 Å². The third kappa shape index (κ3) is 1.26.